The number of benzene rings is 1. The fourth-order valence-electron chi connectivity index (χ4n) is 2.74. The Morgan fingerprint density at radius 1 is 1.10 bits per heavy atom. The standard InChI is InChI=1S/C21H20N6O3/c28-21(24-11-17-6-7-20(23-10-17)27-15-22-14-25-27)26-18-4-1-3-16(9-18)12-29-13-19-5-2-8-30-19/h1-10,14-15H,11-13H2,(H2,24,26,28). The first-order valence-electron chi connectivity index (χ1n) is 9.30. The maximum absolute atomic E-state index is 12.2. The number of urea groups is 1. The molecule has 0 aliphatic heterocycles. The van der Waals surface area contributed by atoms with Gasteiger partial charge in [-0.05, 0) is 41.5 Å². The Morgan fingerprint density at radius 2 is 2.07 bits per heavy atom. The molecular weight excluding hydrogens is 384 g/mol. The molecule has 0 bridgehead atoms. The summed E-state index contributed by atoms with van der Waals surface area (Å²) < 4.78 is 12.4. The van der Waals surface area contributed by atoms with Crippen molar-refractivity contribution in [2.45, 2.75) is 19.8 Å². The van der Waals surface area contributed by atoms with Crippen molar-refractivity contribution in [3.05, 3.63) is 90.5 Å². The number of furan rings is 1. The van der Waals surface area contributed by atoms with Crippen molar-refractivity contribution in [2.75, 3.05) is 5.32 Å². The molecule has 4 aromatic rings. The molecule has 0 radical (unpaired) electrons. The first-order chi connectivity index (χ1) is 14.8. The molecule has 0 spiro atoms. The van der Waals surface area contributed by atoms with Crippen LogP contribution in [0.2, 0.25) is 0 Å². The van der Waals surface area contributed by atoms with Crippen LogP contribution < -0.4 is 10.6 Å². The zero-order valence-corrected chi connectivity index (χ0v) is 16.1. The van der Waals surface area contributed by atoms with Crippen molar-refractivity contribution in [3.63, 3.8) is 0 Å². The van der Waals surface area contributed by atoms with E-state index in [1.807, 2.05) is 48.5 Å². The second kappa shape index (κ2) is 9.48. The molecule has 2 N–H and O–H groups in total. The number of amides is 2. The number of rotatable bonds is 8. The third-order valence-electron chi connectivity index (χ3n) is 4.19. The number of carbonyl (C=O) groups excluding carboxylic acids is 1. The highest BCUT2D eigenvalue weighted by molar-refractivity contribution is 5.89. The quantitative estimate of drug-likeness (QED) is 0.467. The Bertz CT molecular complexity index is 1060. The third-order valence-corrected chi connectivity index (χ3v) is 4.19. The Labute approximate surface area is 172 Å². The minimum Gasteiger partial charge on any atom is -0.467 e. The van der Waals surface area contributed by atoms with Gasteiger partial charge in [-0.15, -0.1) is 0 Å². The van der Waals surface area contributed by atoms with Crippen molar-refractivity contribution in [2.24, 2.45) is 0 Å². The van der Waals surface area contributed by atoms with Crippen LogP contribution in [0, 0.1) is 0 Å². The first-order valence-corrected chi connectivity index (χ1v) is 9.30. The minimum atomic E-state index is -0.302. The van der Waals surface area contributed by atoms with Crippen LogP contribution in [0.5, 0.6) is 0 Å². The summed E-state index contributed by atoms with van der Waals surface area (Å²) in [5.41, 5.74) is 2.51. The molecule has 30 heavy (non-hydrogen) atoms. The Balaban J connectivity index is 1.24. The van der Waals surface area contributed by atoms with Crippen LogP contribution in [0.1, 0.15) is 16.9 Å². The summed E-state index contributed by atoms with van der Waals surface area (Å²) in [5, 5.41) is 9.66. The van der Waals surface area contributed by atoms with Crippen LogP contribution >= 0.6 is 0 Å². The van der Waals surface area contributed by atoms with Gasteiger partial charge in [0.05, 0.1) is 12.9 Å². The lowest BCUT2D eigenvalue weighted by Crippen LogP contribution is -2.28. The first kappa shape index (κ1) is 19.3. The molecule has 152 valence electrons. The number of anilines is 1. The number of hydrogen-bond acceptors (Lipinski definition) is 6. The summed E-state index contributed by atoms with van der Waals surface area (Å²) in [5.74, 6) is 1.43. The highest BCUT2D eigenvalue weighted by atomic mass is 16.5. The van der Waals surface area contributed by atoms with E-state index in [0.29, 0.717) is 31.3 Å². The molecule has 1 aromatic carbocycles. The van der Waals surface area contributed by atoms with Crippen LogP contribution in [0.15, 0.2) is 78.1 Å². The lowest BCUT2D eigenvalue weighted by Gasteiger charge is -2.10. The van der Waals surface area contributed by atoms with Crippen LogP contribution in [-0.2, 0) is 24.5 Å². The lowest BCUT2D eigenvalue weighted by molar-refractivity contribution is 0.0930. The van der Waals surface area contributed by atoms with E-state index in [9.17, 15) is 4.79 Å². The maximum Gasteiger partial charge on any atom is 0.319 e. The van der Waals surface area contributed by atoms with Crippen molar-refractivity contribution in [1.29, 1.82) is 0 Å². The van der Waals surface area contributed by atoms with E-state index in [1.54, 1.807) is 23.5 Å². The average molecular weight is 404 g/mol. The smallest absolute Gasteiger partial charge is 0.319 e. The van der Waals surface area contributed by atoms with Gasteiger partial charge in [0.1, 0.15) is 25.0 Å². The van der Waals surface area contributed by atoms with Gasteiger partial charge in [-0.1, -0.05) is 18.2 Å². The summed E-state index contributed by atoms with van der Waals surface area (Å²) in [6.07, 6.45) is 6.32. The zero-order valence-electron chi connectivity index (χ0n) is 16.1. The molecule has 0 saturated heterocycles. The number of carbonyl (C=O) groups is 1. The highest BCUT2D eigenvalue weighted by Crippen LogP contribution is 2.13. The molecule has 0 aliphatic rings. The molecule has 2 amide bonds. The fraction of sp³-hybridized carbons (Fsp3) is 0.143. The molecule has 0 unspecified atom stereocenters. The highest BCUT2D eigenvalue weighted by Gasteiger charge is 2.05. The molecule has 0 fully saturated rings. The number of nitrogens with one attached hydrogen (secondary N) is 2. The van der Waals surface area contributed by atoms with Gasteiger partial charge in [0, 0.05) is 18.4 Å². The maximum atomic E-state index is 12.2. The van der Waals surface area contributed by atoms with Crippen molar-refractivity contribution < 1.29 is 13.9 Å². The van der Waals surface area contributed by atoms with Crippen LogP contribution in [-0.4, -0.2) is 25.8 Å². The van der Waals surface area contributed by atoms with E-state index in [-0.39, 0.29) is 6.03 Å². The zero-order chi connectivity index (χ0) is 20.6. The van der Waals surface area contributed by atoms with E-state index < -0.39 is 0 Å². The van der Waals surface area contributed by atoms with Crippen molar-refractivity contribution in [3.8, 4) is 5.82 Å². The molecule has 0 atom stereocenters. The van der Waals surface area contributed by atoms with Crippen molar-refractivity contribution >= 4 is 11.7 Å². The van der Waals surface area contributed by atoms with E-state index in [1.165, 1.54) is 6.33 Å². The van der Waals surface area contributed by atoms with E-state index >= 15 is 0 Å². The Kier molecular flexibility index (Phi) is 6.11. The molecule has 9 nitrogen and oxygen atoms in total. The second-order valence-corrected chi connectivity index (χ2v) is 6.44. The lowest BCUT2D eigenvalue weighted by atomic mass is 10.2. The number of ether oxygens (including phenoxy) is 1. The van der Waals surface area contributed by atoms with Gasteiger partial charge in [-0.25, -0.2) is 19.4 Å². The Hall–Kier alpha value is -3.98. The van der Waals surface area contributed by atoms with Gasteiger partial charge in [0.25, 0.3) is 0 Å². The Morgan fingerprint density at radius 3 is 2.83 bits per heavy atom. The third kappa shape index (κ3) is 5.30. The summed E-state index contributed by atoms with van der Waals surface area (Å²) >= 11 is 0. The monoisotopic (exact) mass is 404 g/mol. The van der Waals surface area contributed by atoms with Gasteiger partial charge >= 0.3 is 6.03 Å². The summed E-state index contributed by atoms with van der Waals surface area (Å²) in [6, 6.07) is 14.6. The number of aromatic nitrogens is 4. The van der Waals surface area contributed by atoms with Gasteiger partial charge in [-0.2, -0.15) is 5.10 Å². The SMILES string of the molecule is O=C(NCc1ccc(-n2cncn2)nc1)Nc1cccc(COCc2ccco2)c1. The van der Waals surface area contributed by atoms with Crippen LogP contribution in [0.25, 0.3) is 5.82 Å². The molecule has 3 heterocycles. The summed E-state index contributed by atoms with van der Waals surface area (Å²) in [7, 11) is 0. The number of pyridine rings is 1. The minimum absolute atomic E-state index is 0.302. The molecule has 3 aromatic heterocycles. The second-order valence-electron chi connectivity index (χ2n) is 6.44. The fourth-order valence-corrected chi connectivity index (χ4v) is 2.74. The molecule has 4 rings (SSSR count). The topological polar surface area (TPSA) is 107 Å². The average Bonchev–Trinajstić information content (AvgIpc) is 3.47. The van der Waals surface area contributed by atoms with Crippen molar-refractivity contribution in [1.82, 2.24) is 25.1 Å². The predicted octanol–water partition coefficient (Wildman–Crippen LogP) is 3.29. The number of nitrogens with zero attached hydrogens (tertiary/aromatic N) is 4. The van der Waals surface area contributed by atoms with Gasteiger partial charge in [0.15, 0.2) is 5.82 Å². The van der Waals surface area contributed by atoms with E-state index in [4.69, 9.17) is 9.15 Å². The van der Waals surface area contributed by atoms with Gasteiger partial charge < -0.3 is 19.8 Å². The predicted molar refractivity (Wildman–Crippen MR) is 109 cm³/mol. The molecular formula is C21H20N6O3. The van der Waals surface area contributed by atoms with Crippen LogP contribution in [0.4, 0.5) is 10.5 Å². The van der Waals surface area contributed by atoms with Gasteiger partial charge in [0.2, 0.25) is 0 Å². The largest absolute Gasteiger partial charge is 0.467 e. The van der Waals surface area contributed by atoms with E-state index in [2.05, 4.69) is 25.7 Å². The summed E-state index contributed by atoms with van der Waals surface area (Å²) in [6.45, 7) is 1.17. The summed E-state index contributed by atoms with van der Waals surface area (Å²) in [4.78, 5) is 20.4. The molecule has 0 saturated carbocycles. The normalized spacial score (nSPS) is 10.7. The number of hydrogen-bond donors (Lipinski definition) is 2. The molecule has 0 aliphatic carbocycles. The molecule has 9 heteroatoms. The van der Waals surface area contributed by atoms with Gasteiger partial charge in [-0.3, -0.25) is 0 Å². The van der Waals surface area contributed by atoms with E-state index in [0.717, 1.165) is 16.9 Å². The van der Waals surface area contributed by atoms with Crippen LogP contribution in [0.3, 0.4) is 0 Å².